The van der Waals surface area contributed by atoms with Crippen molar-refractivity contribution in [1.29, 1.82) is 0 Å². The molecule has 1 saturated heterocycles. The van der Waals surface area contributed by atoms with Crippen molar-refractivity contribution in [1.82, 2.24) is 0 Å². The van der Waals surface area contributed by atoms with E-state index in [1.54, 1.807) is 10.6 Å². The van der Waals surface area contributed by atoms with E-state index >= 15 is 0 Å². The highest BCUT2D eigenvalue weighted by atomic mass is 27.2. The minimum absolute atomic E-state index is 0.244. The molecule has 0 aliphatic carbocycles. The standard InChI is InChI=1S/C12H16.C2H5.Al/c1-3-11(2)9-10-12-7-5-4-6-8-12;1-2;/h4-8,11H,1-3,9-10H2;1H2,2H3;/t11-;;/m1../s1. The molecule has 2 rings (SSSR count). The molecule has 0 unspecified atom stereocenters. The summed E-state index contributed by atoms with van der Waals surface area (Å²) in [7, 11) is 0. The second-order valence-corrected chi connectivity index (χ2v) is 8.57. The lowest BCUT2D eigenvalue weighted by Crippen LogP contribution is -2.04. The second kappa shape index (κ2) is 5.73. The summed E-state index contributed by atoms with van der Waals surface area (Å²) in [5, 5.41) is 4.78. The Morgan fingerprint density at radius 3 is 2.73 bits per heavy atom. The number of rotatable bonds is 4. The van der Waals surface area contributed by atoms with Gasteiger partial charge in [-0.1, -0.05) is 65.4 Å². The molecule has 0 aromatic heterocycles. The minimum Gasteiger partial charge on any atom is -0.0967 e. The van der Waals surface area contributed by atoms with Gasteiger partial charge in [0.25, 0.3) is 14.1 Å². The number of hydrogen-bond donors (Lipinski definition) is 0. The maximum Gasteiger partial charge on any atom is 0.261 e. The molecule has 1 heterocycles. The molecule has 0 spiro atoms. The van der Waals surface area contributed by atoms with Crippen molar-refractivity contribution in [2.75, 3.05) is 0 Å². The van der Waals surface area contributed by atoms with E-state index < -0.39 is 0 Å². The third kappa shape index (κ3) is 3.37. The Morgan fingerprint density at radius 2 is 2.07 bits per heavy atom. The summed E-state index contributed by atoms with van der Waals surface area (Å²) in [4.78, 5) is 0. The third-order valence-electron chi connectivity index (χ3n) is 3.91. The number of hydrogen-bond acceptors (Lipinski definition) is 0. The lowest BCUT2D eigenvalue weighted by molar-refractivity contribution is 0.538. The summed E-state index contributed by atoms with van der Waals surface area (Å²) in [5.41, 5.74) is 1.53. The average Bonchev–Trinajstić information content (AvgIpc) is 2.76. The first-order valence-electron chi connectivity index (χ1n) is 6.42. The van der Waals surface area contributed by atoms with Gasteiger partial charge in [0, 0.05) is 0 Å². The second-order valence-electron chi connectivity index (χ2n) is 4.98. The molecule has 1 aromatic carbocycles. The van der Waals surface area contributed by atoms with Gasteiger partial charge < -0.3 is 0 Å². The molecule has 1 aliphatic heterocycles. The van der Waals surface area contributed by atoms with Crippen molar-refractivity contribution in [3.63, 3.8) is 0 Å². The van der Waals surface area contributed by atoms with Crippen LogP contribution in [-0.4, -0.2) is 14.1 Å². The van der Waals surface area contributed by atoms with E-state index in [-0.39, 0.29) is 14.1 Å². The molecule has 0 bridgehead atoms. The van der Waals surface area contributed by atoms with Crippen LogP contribution in [0.2, 0.25) is 15.8 Å². The molecule has 80 valence electrons. The van der Waals surface area contributed by atoms with Crippen LogP contribution in [0.4, 0.5) is 0 Å². The Kier molecular flexibility index (Phi) is 4.30. The maximum atomic E-state index is 2.40. The molecule has 0 radical (unpaired) electrons. The summed E-state index contributed by atoms with van der Waals surface area (Å²) >= 11 is -0.244. The van der Waals surface area contributed by atoms with Gasteiger partial charge in [0.15, 0.2) is 0 Å². The van der Waals surface area contributed by atoms with Crippen molar-refractivity contribution < 1.29 is 0 Å². The monoisotopic (exact) mass is 216 g/mol. The normalized spacial score (nSPS) is 20.9. The average molecular weight is 216 g/mol. The van der Waals surface area contributed by atoms with Crippen LogP contribution in [0.25, 0.3) is 0 Å². The van der Waals surface area contributed by atoms with Crippen LogP contribution in [-0.2, 0) is 6.42 Å². The highest BCUT2D eigenvalue weighted by Gasteiger charge is 2.27. The summed E-state index contributed by atoms with van der Waals surface area (Å²) in [6.45, 7) is 2.40. The predicted octanol–water partition coefficient (Wildman–Crippen LogP) is 4.15. The van der Waals surface area contributed by atoms with E-state index in [9.17, 15) is 0 Å². The zero-order valence-corrected chi connectivity index (χ0v) is 10.9. The van der Waals surface area contributed by atoms with Gasteiger partial charge in [0.2, 0.25) is 0 Å². The summed E-state index contributed by atoms with van der Waals surface area (Å²) in [6, 6.07) is 11.0. The van der Waals surface area contributed by atoms with E-state index in [4.69, 9.17) is 0 Å². The van der Waals surface area contributed by atoms with E-state index in [1.807, 2.05) is 0 Å². The van der Waals surface area contributed by atoms with E-state index in [0.29, 0.717) is 0 Å². The SMILES string of the molecule is C[CH2][Al]1[CH2]C[C@H](CCc2ccccc2)[CH2]1. The van der Waals surface area contributed by atoms with E-state index in [2.05, 4.69) is 37.3 Å². The number of benzene rings is 1. The fourth-order valence-corrected chi connectivity index (χ4v) is 6.16. The van der Waals surface area contributed by atoms with E-state index in [0.717, 1.165) is 5.92 Å². The van der Waals surface area contributed by atoms with Gasteiger partial charge in [0.05, 0.1) is 0 Å². The van der Waals surface area contributed by atoms with Crippen LogP contribution >= 0.6 is 0 Å². The van der Waals surface area contributed by atoms with Gasteiger partial charge in [0.1, 0.15) is 0 Å². The first kappa shape index (κ1) is 11.2. The van der Waals surface area contributed by atoms with Crippen LogP contribution in [0.3, 0.4) is 0 Å². The molecule has 1 atom stereocenters. The van der Waals surface area contributed by atoms with Crippen LogP contribution in [0, 0.1) is 5.92 Å². The summed E-state index contributed by atoms with van der Waals surface area (Å²) in [6.07, 6.45) is 4.28. The molecule has 0 nitrogen and oxygen atoms in total. The maximum absolute atomic E-state index is 2.40. The first-order valence-corrected chi connectivity index (χ1v) is 8.87. The summed E-state index contributed by atoms with van der Waals surface area (Å²) in [5.74, 6) is 1.07. The molecule has 0 saturated carbocycles. The van der Waals surface area contributed by atoms with Crippen molar-refractivity contribution in [2.45, 2.75) is 42.0 Å². The fourth-order valence-electron chi connectivity index (χ4n) is 2.83. The molecule has 1 aliphatic rings. The molecule has 0 amide bonds. The first-order chi connectivity index (χ1) is 7.38. The van der Waals surface area contributed by atoms with Crippen LogP contribution in [0.5, 0.6) is 0 Å². The van der Waals surface area contributed by atoms with Gasteiger partial charge in [-0.05, 0) is 18.4 Å². The van der Waals surface area contributed by atoms with Crippen molar-refractivity contribution in [2.24, 2.45) is 5.92 Å². The largest absolute Gasteiger partial charge is 0.261 e. The Hall–Kier alpha value is -0.248. The van der Waals surface area contributed by atoms with Gasteiger partial charge in [-0.2, -0.15) is 0 Å². The molecular weight excluding hydrogens is 195 g/mol. The zero-order chi connectivity index (χ0) is 10.5. The Labute approximate surface area is 98.1 Å². The Balaban J connectivity index is 1.75. The minimum atomic E-state index is -0.244. The molecule has 15 heavy (non-hydrogen) atoms. The smallest absolute Gasteiger partial charge is 0.0967 e. The van der Waals surface area contributed by atoms with Crippen molar-refractivity contribution in [3.05, 3.63) is 35.9 Å². The Morgan fingerprint density at radius 1 is 1.27 bits per heavy atom. The molecular formula is C14H21Al. The highest BCUT2D eigenvalue weighted by molar-refractivity contribution is 6.59. The lowest BCUT2D eigenvalue weighted by atomic mass is 9.99. The highest BCUT2D eigenvalue weighted by Crippen LogP contribution is 2.31. The zero-order valence-electron chi connectivity index (χ0n) is 9.78. The van der Waals surface area contributed by atoms with Crippen molar-refractivity contribution >= 4 is 14.1 Å². The van der Waals surface area contributed by atoms with Crippen molar-refractivity contribution in [3.8, 4) is 0 Å². The van der Waals surface area contributed by atoms with Gasteiger partial charge in [-0.25, -0.2) is 0 Å². The van der Waals surface area contributed by atoms with Crippen LogP contribution < -0.4 is 0 Å². The van der Waals surface area contributed by atoms with Crippen LogP contribution in [0.1, 0.15) is 25.3 Å². The Bertz CT molecular complexity index is 281. The van der Waals surface area contributed by atoms with Gasteiger partial charge >= 0.3 is 0 Å². The lowest BCUT2D eigenvalue weighted by Gasteiger charge is -2.09. The molecule has 1 aromatic rings. The van der Waals surface area contributed by atoms with Gasteiger partial charge in [-0.15, -0.1) is 0 Å². The summed E-state index contributed by atoms with van der Waals surface area (Å²) < 4.78 is 0. The predicted molar refractivity (Wildman–Crippen MR) is 68.7 cm³/mol. The molecule has 1 heteroatoms. The van der Waals surface area contributed by atoms with Gasteiger partial charge in [-0.3, -0.25) is 0 Å². The van der Waals surface area contributed by atoms with E-state index in [1.165, 1.54) is 30.1 Å². The third-order valence-corrected chi connectivity index (χ3v) is 7.55. The molecule has 0 N–H and O–H groups in total. The topological polar surface area (TPSA) is 0 Å². The molecule has 1 fully saturated rings. The fraction of sp³-hybridized carbons (Fsp3) is 0.571. The van der Waals surface area contributed by atoms with Crippen LogP contribution in [0.15, 0.2) is 30.3 Å². The number of aryl methyl sites for hydroxylation is 1. The quantitative estimate of drug-likeness (QED) is 0.663.